The Morgan fingerprint density at radius 1 is 0.632 bits per heavy atom. The maximum absolute atomic E-state index is 12.3. The Balaban J connectivity index is 1.56. The van der Waals surface area contributed by atoms with Gasteiger partial charge in [-0.3, -0.25) is 9.59 Å². The number of anilines is 2. The summed E-state index contributed by atoms with van der Waals surface area (Å²) >= 11 is 0. The van der Waals surface area contributed by atoms with Gasteiger partial charge in [-0.05, 0) is 72.9 Å². The van der Waals surface area contributed by atoms with Gasteiger partial charge in [-0.25, -0.2) is 0 Å². The second-order valence-electron chi connectivity index (χ2n) is 11.2. The summed E-state index contributed by atoms with van der Waals surface area (Å²) in [6.45, 7) is 8.03. The molecule has 6 nitrogen and oxygen atoms in total. The van der Waals surface area contributed by atoms with Crippen LogP contribution in [0.3, 0.4) is 0 Å². The number of carbonyl (C=O) groups is 2. The first-order chi connectivity index (χ1) is 18.0. The zero-order valence-corrected chi connectivity index (χ0v) is 22.9. The topological polar surface area (TPSA) is 98.7 Å². The molecule has 0 spiro atoms. The van der Waals surface area contributed by atoms with Crippen molar-refractivity contribution >= 4 is 23.2 Å². The molecule has 3 aromatic carbocycles. The second kappa shape index (κ2) is 12.6. The molecule has 0 fully saturated rings. The van der Waals surface area contributed by atoms with Crippen molar-refractivity contribution in [3.63, 3.8) is 0 Å². The van der Waals surface area contributed by atoms with Gasteiger partial charge in [0.15, 0.2) is 0 Å². The Kier molecular flexibility index (Phi) is 9.56. The zero-order valence-electron chi connectivity index (χ0n) is 22.9. The number of aromatic hydroxyl groups is 2. The Hall–Kier alpha value is -3.80. The van der Waals surface area contributed by atoms with Gasteiger partial charge in [-0.2, -0.15) is 0 Å². The third-order valence-electron chi connectivity index (χ3n) is 7.10. The molecule has 0 saturated carbocycles. The van der Waals surface area contributed by atoms with Crippen LogP contribution in [0.15, 0.2) is 72.8 Å². The van der Waals surface area contributed by atoms with Crippen LogP contribution in [0.1, 0.15) is 77.3 Å². The highest BCUT2D eigenvalue weighted by atomic mass is 16.3. The molecule has 0 radical (unpaired) electrons. The van der Waals surface area contributed by atoms with E-state index in [0.717, 1.165) is 11.4 Å². The minimum Gasteiger partial charge on any atom is -0.508 e. The van der Waals surface area contributed by atoms with E-state index in [-0.39, 0.29) is 23.3 Å². The molecule has 202 valence electrons. The summed E-state index contributed by atoms with van der Waals surface area (Å²) in [6, 6.07) is 22.0. The Morgan fingerprint density at radius 3 is 1.32 bits per heavy atom. The molecule has 3 rings (SSSR count). The normalized spacial score (nSPS) is 11.7. The summed E-state index contributed by atoms with van der Waals surface area (Å²) in [5.74, 6) is 0.167. The molecule has 0 bridgehead atoms. The van der Waals surface area contributed by atoms with Crippen molar-refractivity contribution in [1.29, 1.82) is 0 Å². The first-order valence-corrected chi connectivity index (χ1v) is 13.2. The van der Waals surface area contributed by atoms with E-state index in [1.807, 2.05) is 88.4 Å². The molecule has 6 heteroatoms. The van der Waals surface area contributed by atoms with Gasteiger partial charge < -0.3 is 20.8 Å². The Labute approximate surface area is 226 Å². The predicted octanol–water partition coefficient (Wildman–Crippen LogP) is 7.27. The fourth-order valence-electron chi connectivity index (χ4n) is 4.80. The van der Waals surface area contributed by atoms with Gasteiger partial charge in [0.2, 0.25) is 11.8 Å². The van der Waals surface area contributed by atoms with Crippen molar-refractivity contribution in [3.8, 4) is 11.5 Å². The molecule has 0 aliphatic rings. The lowest BCUT2D eigenvalue weighted by molar-refractivity contribution is -0.117. The lowest BCUT2D eigenvalue weighted by Crippen LogP contribution is -2.21. The number of hydrogen-bond acceptors (Lipinski definition) is 4. The van der Waals surface area contributed by atoms with Gasteiger partial charge in [0.25, 0.3) is 0 Å². The Bertz CT molecular complexity index is 1120. The minimum atomic E-state index is -0.438. The van der Waals surface area contributed by atoms with E-state index in [1.54, 1.807) is 12.1 Å². The van der Waals surface area contributed by atoms with Crippen molar-refractivity contribution < 1.29 is 19.8 Å². The highest BCUT2D eigenvalue weighted by Gasteiger charge is 2.30. The molecule has 0 aromatic heterocycles. The molecule has 38 heavy (non-hydrogen) atoms. The van der Waals surface area contributed by atoms with Crippen LogP contribution in [-0.2, 0) is 20.4 Å². The highest BCUT2D eigenvalue weighted by molar-refractivity contribution is 5.91. The molecular weight excluding hydrogens is 476 g/mol. The van der Waals surface area contributed by atoms with E-state index in [4.69, 9.17) is 0 Å². The standard InChI is InChI=1S/C32H40N2O4/c1-31(2,19-11-17-29(37)33-23-13-7-5-8-14-23)25-21-28(36)26(22-27(25)35)32(3,4)20-12-18-30(38)34-24-15-9-6-10-16-24/h5-10,13-16,21-22,35-36H,11-12,17-20H2,1-4H3,(H,33,37)(H,34,38). The van der Waals surface area contributed by atoms with E-state index in [1.165, 1.54) is 0 Å². The average Bonchev–Trinajstić information content (AvgIpc) is 2.86. The quantitative estimate of drug-likeness (QED) is 0.190. The van der Waals surface area contributed by atoms with Gasteiger partial charge in [0, 0.05) is 35.3 Å². The maximum Gasteiger partial charge on any atom is 0.224 e. The van der Waals surface area contributed by atoms with Crippen LogP contribution in [0.2, 0.25) is 0 Å². The summed E-state index contributed by atoms with van der Waals surface area (Å²) in [5, 5.41) is 27.7. The SMILES string of the molecule is CC(C)(CCCC(=O)Nc1ccccc1)c1cc(O)c(C(C)(C)CCCC(=O)Nc2ccccc2)cc1O. The van der Waals surface area contributed by atoms with Gasteiger partial charge in [-0.1, -0.05) is 64.1 Å². The number of para-hydroxylation sites is 2. The van der Waals surface area contributed by atoms with Crippen LogP contribution in [-0.4, -0.2) is 22.0 Å². The first kappa shape index (κ1) is 28.8. The third kappa shape index (κ3) is 8.10. The summed E-state index contributed by atoms with van der Waals surface area (Å²) < 4.78 is 0. The Morgan fingerprint density at radius 2 is 0.974 bits per heavy atom. The smallest absolute Gasteiger partial charge is 0.224 e. The van der Waals surface area contributed by atoms with Crippen molar-refractivity contribution in [2.24, 2.45) is 0 Å². The van der Waals surface area contributed by atoms with Crippen LogP contribution in [0.25, 0.3) is 0 Å². The van der Waals surface area contributed by atoms with E-state index >= 15 is 0 Å². The number of phenolic OH excluding ortho intramolecular Hbond substituents is 2. The molecule has 2 amide bonds. The number of carbonyl (C=O) groups excluding carboxylic acids is 2. The molecule has 0 unspecified atom stereocenters. The monoisotopic (exact) mass is 516 g/mol. The van der Waals surface area contributed by atoms with Gasteiger partial charge in [-0.15, -0.1) is 0 Å². The van der Waals surface area contributed by atoms with Crippen molar-refractivity contribution in [3.05, 3.63) is 83.9 Å². The van der Waals surface area contributed by atoms with Crippen LogP contribution in [0, 0.1) is 0 Å². The molecule has 4 N–H and O–H groups in total. The summed E-state index contributed by atoms with van der Waals surface area (Å²) in [6.07, 6.45) is 3.36. The molecule has 0 heterocycles. The molecule has 0 saturated heterocycles. The van der Waals surface area contributed by atoms with E-state index in [9.17, 15) is 19.8 Å². The van der Waals surface area contributed by atoms with Crippen LogP contribution in [0.5, 0.6) is 11.5 Å². The third-order valence-corrected chi connectivity index (χ3v) is 7.10. The van der Waals surface area contributed by atoms with Crippen molar-refractivity contribution in [2.45, 2.75) is 77.0 Å². The highest BCUT2D eigenvalue weighted by Crippen LogP contribution is 2.43. The maximum atomic E-state index is 12.3. The zero-order chi connectivity index (χ0) is 27.8. The van der Waals surface area contributed by atoms with Gasteiger partial charge >= 0.3 is 0 Å². The number of benzene rings is 3. The van der Waals surface area contributed by atoms with E-state index in [0.29, 0.717) is 49.7 Å². The van der Waals surface area contributed by atoms with E-state index in [2.05, 4.69) is 10.6 Å². The van der Waals surface area contributed by atoms with Crippen LogP contribution < -0.4 is 10.6 Å². The van der Waals surface area contributed by atoms with Crippen molar-refractivity contribution in [1.82, 2.24) is 0 Å². The second-order valence-corrected chi connectivity index (χ2v) is 11.2. The number of nitrogens with one attached hydrogen (secondary N) is 2. The summed E-state index contributed by atoms with van der Waals surface area (Å²) in [5.41, 5.74) is 1.98. The molecule has 0 aliphatic heterocycles. The van der Waals surface area contributed by atoms with Crippen LogP contribution >= 0.6 is 0 Å². The fraction of sp³-hybridized carbons (Fsp3) is 0.375. The number of amides is 2. The predicted molar refractivity (Wildman–Crippen MR) is 154 cm³/mol. The average molecular weight is 517 g/mol. The minimum absolute atomic E-state index is 0.0476. The molecular formula is C32H40N2O4. The van der Waals surface area contributed by atoms with E-state index < -0.39 is 10.8 Å². The first-order valence-electron chi connectivity index (χ1n) is 13.2. The molecule has 3 aromatic rings. The number of hydrogen-bond donors (Lipinski definition) is 4. The lowest BCUT2D eigenvalue weighted by atomic mass is 9.75. The number of phenols is 2. The van der Waals surface area contributed by atoms with Crippen molar-refractivity contribution in [2.75, 3.05) is 10.6 Å². The fourth-order valence-corrected chi connectivity index (χ4v) is 4.80. The van der Waals surface area contributed by atoms with Gasteiger partial charge in [0.05, 0.1) is 0 Å². The summed E-state index contributed by atoms with van der Waals surface area (Å²) in [4.78, 5) is 24.6. The van der Waals surface area contributed by atoms with Gasteiger partial charge in [0.1, 0.15) is 11.5 Å². The molecule has 0 aliphatic carbocycles. The van der Waals surface area contributed by atoms with Crippen LogP contribution in [0.4, 0.5) is 11.4 Å². The number of rotatable bonds is 12. The largest absolute Gasteiger partial charge is 0.508 e. The lowest BCUT2D eigenvalue weighted by Gasteiger charge is -2.30. The summed E-state index contributed by atoms with van der Waals surface area (Å²) in [7, 11) is 0. The molecule has 0 atom stereocenters.